The number of halogens is 2. The van der Waals surface area contributed by atoms with Crippen molar-refractivity contribution in [2.24, 2.45) is 10.8 Å². The van der Waals surface area contributed by atoms with Crippen LogP contribution < -0.4 is 11.1 Å². The molecule has 0 heterocycles. The Labute approximate surface area is 120 Å². The smallest absolute Gasteiger partial charge is 0.239 e. The van der Waals surface area contributed by atoms with E-state index >= 15 is 0 Å². The van der Waals surface area contributed by atoms with Crippen LogP contribution in [0.1, 0.15) is 18.0 Å². The summed E-state index contributed by atoms with van der Waals surface area (Å²) < 4.78 is 0. The van der Waals surface area contributed by atoms with Crippen LogP contribution in [0.3, 0.4) is 0 Å². The molecule has 6 nitrogen and oxygen atoms in total. The lowest BCUT2D eigenvalue weighted by atomic mass is 10.1. The topological polar surface area (TPSA) is 104 Å². The first-order chi connectivity index (χ1) is 9.06. The van der Waals surface area contributed by atoms with Crippen molar-refractivity contribution in [3.8, 4) is 0 Å². The highest BCUT2D eigenvalue weighted by Gasteiger charge is 2.19. The van der Waals surface area contributed by atoms with Gasteiger partial charge in [-0.25, -0.2) is 0 Å². The third kappa shape index (κ3) is 4.96. The molecule has 0 fully saturated rings. The third-order valence-corrected chi connectivity index (χ3v) is 2.97. The number of nitrogens with zero attached hydrogens (tertiary/aromatic N) is 3. The van der Waals surface area contributed by atoms with Crippen LogP contribution in [0.5, 0.6) is 0 Å². The van der Waals surface area contributed by atoms with E-state index in [-0.39, 0.29) is 0 Å². The summed E-state index contributed by atoms with van der Waals surface area (Å²) in [6, 6.07) is 4.15. The van der Waals surface area contributed by atoms with Crippen molar-refractivity contribution in [1.82, 2.24) is 5.32 Å². The van der Waals surface area contributed by atoms with Crippen molar-refractivity contribution in [3.63, 3.8) is 0 Å². The molecule has 0 aromatic heterocycles. The summed E-state index contributed by atoms with van der Waals surface area (Å²) in [5.41, 5.74) is 14.1. The molecule has 0 saturated carbocycles. The molecule has 0 aliphatic rings. The molecule has 0 aliphatic heterocycles. The maximum absolute atomic E-state index is 11.4. The Hall–Kier alpha value is -1.46. The minimum atomic E-state index is -0.698. The monoisotopic (exact) mass is 301 g/mol. The van der Waals surface area contributed by atoms with Crippen molar-refractivity contribution >= 4 is 29.1 Å². The first kappa shape index (κ1) is 15.6. The molecular weight excluding hydrogens is 289 g/mol. The quantitative estimate of drug-likeness (QED) is 0.350. The van der Waals surface area contributed by atoms with Gasteiger partial charge in [0.1, 0.15) is 6.04 Å². The van der Waals surface area contributed by atoms with E-state index in [0.717, 1.165) is 0 Å². The van der Waals surface area contributed by atoms with Crippen molar-refractivity contribution in [2.75, 3.05) is 13.1 Å². The highest BCUT2D eigenvalue weighted by Crippen LogP contribution is 2.26. The zero-order valence-corrected chi connectivity index (χ0v) is 11.5. The van der Waals surface area contributed by atoms with Crippen LogP contribution in [0.25, 0.3) is 10.4 Å². The molecule has 1 atom stereocenters. The van der Waals surface area contributed by atoms with E-state index in [1.54, 1.807) is 18.2 Å². The zero-order valence-electron chi connectivity index (χ0n) is 10.0. The lowest BCUT2D eigenvalue weighted by molar-refractivity contribution is -0.120. The number of carbonyl (C=O) groups excluding carboxylic acids is 1. The van der Waals surface area contributed by atoms with Crippen molar-refractivity contribution in [1.29, 1.82) is 0 Å². The Kier molecular flexibility index (Phi) is 6.45. The highest BCUT2D eigenvalue weighted by atomic mass is 35.5. The molecule has 0 bridgehead atoms. The Bertz CT molecular complexity index is 502. The van der Waals surface area contributed by atoms with E-state index in [1.165, 1.54) is 0 Å². The fourth-order valence-electron chi connectivity index (χ4n) is 1.54. The van der Waals surface area contributed by atoms with Gasteiger partial charge < -0.3 is 11.1 Å². The maximum atomic E-state index is 11.4. The van der Waals surface area contributed by atoms with Gasteiger partial charge in [0.2, 0.25) is 5.91 Å². The Morgan fingerprint density at radius 1 is 1.53 bits per heavy atom. The maximum Gasteiger partial charge on any atom is 0.239 e. The van der Waals surface area contributed by atoms with Gasteiger partial charge in [0.15, 0.2) is 0 Å². The lowest BCUT2D eigenvalue weighted by Gasteiger charge is -2.17. The molecule has 1 aromatic rings. The molecule has 1 unspecified atom stereocenters. The molecule has 1 aromatic carbocycles. The Balaban J connectivity index is 2.71. The van der Waals surface area contributed by atoms with Gasteiger partial charge in [0.05, 0.1) is 0 Å². The number of nitrogens with one attached hydrogen (secondary N) is 1. The van der Waals surface area contributed by atoms with Crippen molar-refractivity contribution in [2.45, 2.75) is 12.5 Å². The van der Waals surface area contributed by atoms with E-state index in [2.05, 4.69) is 15.3 Å². The predicted octanol–water partition coefficient (Wildman–Crippen LogP) is 2.81. The highest BCUT2D eigenvalue weighted by molar-refractivity contribution is 6.35. The van der Waals surface area contributed by atoms with Gasteiger partial charge in [-0.15, -0.1) is 0 Å². The van der Waals surface area contributed by atoms with E-state index < -0.39 is 11.9 Å². The summed E-state index contributed by atoms with van der Waals surface area (Å²) in [6.45, 7) is 0.828. The van der Waals surface area contributed by atoms with Crippen LogP contribution in [0.4, 0.5) is 0 Å². The fourth-order valence-corrected chi connectivity index (χ4v) is 2.06. The summed E-state index contributed by atoms with van der Waals surface area (Å²) in [7, 11) is 0. The summed E-state index contributed by atoms with van der Waals surface area (Å²) in [6.07, 6.45) is 0.596. The van der Waals surface area contributed by atoms with Gasteiger partial charge >= 0.3 is 0 Å². The number of amides is 1. The van der Waals surface area contributed by atoms with E-state index in [4.69, 9.17) is 34.5 Å². The molecule has 0 saturated heterocycles. The molecule has 0 radical (unpaired) electrons. The Morgan fingerprint density at radius 2 is 2.26 bits per heavy atom. The van der Waals surface area contributed by atoms with E-state index in [1.807, 2.05) is 0 Å². The zero-order chi connectivity index (χ0) is 14.3. The van der Waals surface area contributed by atoms with Crippen molar-refractivity contribution < 1.29 is 4.79 Å². The number of benzene rings is 1. The average Bonchev–Trinajstić information content (AvgIpc) is 2.35. The van der Waals surface area contributed by atoms with Gasteiger partial charge in [-0.3, -0.25) is 4.79 Å². The predicted molar refractivity (Wildman–Crippen MR) is 75.0 cm³/mol. The summed E-state index contributed by atoms with van der Waals surface area (Å²) in [5, 5.41) is 7.23. The van der Waals surface area contributed by atoms with E-state index in [9.17, 15) is 4.79 Å². The first-order valence-electron chi connectivity index (χ1n) is 5.54. The minimum Gasteiger partial charge on any atom is -0.368 e. The summed E-state index contributed by atoms with van der Waals surface area (Å²) in [4.78, 5) is 14.1. The van der Waals surface area contributed by atoms with Crippen molar-refractivity contribution in [3.05, 3.63) is 44.3 Å². The number of rotatable bonds is 7. The van der Waals surface area contributed by atoms with Crippen LogP contribution in [0.15, 0.2) is 23.3 Å². The average molecular weight is 302 g/mol. The van der Waals surface area contributed by atoms with Gasteiger partial charge in [-0.1, -0.05) is 34.4 Å². The molecule has 8 heteroatoms. The summed E-state index contributed by atoms with van der Waals surface area (Å²) >= 11 is 11.8. The van der Waals surface area contributed by atoms with Gasteiger partial charge in [0.25, 0.3) is 0 Å². The first-order valence-corrected chi connectivity index (χ1v) is 6.30. The van der Waals surface area contributed by atoms with Gasteiger partial charge in [-0.2, -0.15) is 0 Å². The molecule has 102 valence electrons. The Morgan fingerprint density at radius 3 is 2.84 bits per heavy atom. The normalized spacial score (nSPS) is 11.7. The van der Waals surface area contributed by atoms with Crippen LogP contribution in [0, 0.1) is 0 Å². The number of carbonyl (C=O) groups is 1. The standard InChI is InChI=1S/C11H13Cl2N5O/c12-7-2-3-8(9(13)6-7)10(11(14)19)16-4-1-5-17-18-15/h2-3,6,10,16H,1,4-5H2,(H2,14,19). The van der Waals surface area contributed by atoms with Crippen LogP contribution in [-0.4, -0.2) is 19.0 Å². The fraction of sp³-hybridized carbons (Fsp3) is 0.364. The largest absolute Gasteiger partial charge is 0.368 e. The van der Waals surface area contributed by atoms with Gasteiger partial charge in [-0.05, 0) is 36.2 Å². The van der Waals surface area contributed by atoms with Crippen LogP contribution in [-0.2, 0) is 4.79 Å². The number of hydrogen-bond acceptors (Lipinski definition) is 3. The number of nitrogens with two attached hydrogens (primary N) is 1. The third-order valence-electron chi connectivity index (χ3n) is 2.40. The SMILES string of the molecule is [N-]=[N+]=NCCCNC(C(N)=O)c1ccc(Cl)cc1Cl. The molecule has 1 rings (SSSR count). The second-order valence-electron chi connectivity index (χ2n) is 3.76. The second-order valence-corrected chi connectivity index (χ2v) is 4.61. The molecule has 19 heavy (non-hydrogen) atoms. The minimum absolute atomic E-state index is 0.351. The molecule has 3 N–H and O–H groups in total. The number of hydrogen-bond donors (Lipinski definition) is 2. The molecule has 0 spiro atoms. The molecule has 0 aliphatic carbocycles. The summed E-state index contributed by atoms with van der Waals surface area (Å²) in [5.74, 6) is -0.534. The molecule has 1 amide bonds. The van der Waals surface area contributed by atoms with Crippen LogP contribution in [0.2, 0.25) is 10.0 Å². The molecular formula is C11H13Cl2N5O. The van der Waals surface area contributed by atoms with Gasteiger partial charge in [0, 0.05) is 21.5 Å². The van der Waals surface area contributed by atoms with E-state index in [0.29, 0.717) is 35.1 Å². The number of azide groups is 1. The van der Waals surface area contributed by atoms with Crippen LogP contribution >= 0.6 is 23.2 Å². The second kappa shape index (κ2) is 7.86. The number of primary amides is 1. The lowest BCUT2D eigenvalue weighted by Crippen LogP contribution is -2.34.